The number of carbonyl (C=O) groups excluding carboxylic acids is 1. The van der Waals surface area contributed by atoms with Crippen LogP contribution in [0.5, 0.6) is 0 Å². The fourth-order valence-electron chi connectivity index (χ4n) is 3.12. The van der Waals surface area contributed by atoms with E-state index < -0.39 is 5.60 Å². The van der Waals surface area contributed by atoms with Gasteiger partial charge in [0.2, 0.25) is 0 Å². The molecule has 19 heavy (non-hydrogen) atoms. The summed E-state index contributed by atoms with van der Waals surface area (Å²) < 4.78 is 0. The van der Waals surface area contributed by atoms with Crippen LogP contribution in [0.1, 0.15) is 63.0 Å². The Morgan fingerprint density at radius 3 is 2.68 bits per heavy atom. The molecular weight excluding hydrogens is 236 g/mol. The molecule has 1 N–H and O–H groups in total. The van der Waals surface area contributed by atoms with Crippen LogP contribution < -0.4 is 0 Å². The van der Waals surface area contributed by atoms with E-state index in [4.69, 9.17) is 0 Å². The molecule has 2 heteroatoms. The van der Waals surface area contributed by atoms with Gasteiger partial charge in [-0.05, 0) is 49.1 Å². The zero-order valence-corrected chi connectivity index (χ0v) is 12.0. The second kappa shape index (κ2) is 5.87. The molecule has 0 bridgehead atoms. The minimum absolute atomic E-state index is 0.0132. The number of hydrogen-bond donors (Lipinski definition) is 1. The van der Waals surface area contributed by atoms with Gasteiger partial charge < -0.3 is 5.11 Å². The molecule has 1 aliphatic rings. The number of benzene rings is 1. The smallest absolute Gasteiger partial charge is 0.164 e. The Balaban J connectivity index is 2.15. The van der Waals surface area contributed by atoms with Gasteiger partial charge in [0, 0.05) is 6.42 Å². The summed E-state index contributed by atoms with van der Waals surface area (Å²) in [6.45, 7) is 3.77. The molecule has 2 rings (SSSR count). The fraction of sp³-hybridized carbons (Fsp3) is 0.588. The maximum atomic E-state index is 12.4. The van der Waals surface area contributed by atoms with Crippen molar-refractivity contribution in [2.24, 2.45) is 0 Å². The van der Waals surface area contributed by atoms with Crippen LogP contribution in [0.15, 0.2) is 24.3 Å². The number of aryl methyl sites for hydroxylation is 1. The molecule has 104 valence electrons. The van der Waals surface area contributed by atoms with Crippen molar-refractivity contribution in [1.29, 1.82) is 0 Å². The van der Waals surface area contributed by atoms with Gasteiger partial charge in [-0.25, -0.2) is 0 Å². The third-order valence-corrected chi connectivity index (χ3v) is 4.61. The first-order valence-corrected chi connectivity index (χ1v) is 7.44. The van der Waals surface area contributed by atoms with Gasteiger partial charge in [-0.15, -0.1) is 0 Å². The summed E-state index contributed by atoms with van der Waals surface area (Å²) in [6.07, 6.45) is 4.83. The van der Waals surface area contributed by atoms with Crippen LogP contribution in [-0.2, 0) is 11.2 Å². The molecule has 1 aliphatic carbocycles. The Kier molecular flexibility index (Phi) is 4.41. The Labute approximate surface area is 115 Å². The van der Waals surface area contributed by atoms with E-state index in [2.05, 4.69) is 18.2 Å². The van der Waals surface area contributed by atoms with Crippen LogP contribution in [0.3, 0.4) is 0 Å². The highest BCUT2D eigenvalue weighted by molar-refractivity contribution is 5.87. The maximum absolute atomic E-state index is 12.4. The van der Waals surface area contributed by atoms with Crippen LogP contribution >= 0.6 is 0 Å². The van der Waals surface area contributed by atoms with Gasteiger partial charge in [-0.1, -0.05) is 38.1 Å². The normalized spacial score (nSPS) is 19.0. The molecule has 2 nitrogen and oxygen atoms in total. The third-order valence-electron chi connectivity index (χ3n) is 4.61. The van der Waals surface area contributed by atoms with Crippen molar-refractivity contribution in [3.8, 4) is 0 Å². The third kappa shape index (κ3) is 2.89. The van der Waals surface area contributed by atoms with Gasteiger partial charge in [0.15, 0.2) is 5.78 Å². The highest BCUT2D eigenvalue weighted by Crippen LogP contribution is 2.35. The van der Waals surface area contributed by atoms with Crippen molar-refractivity contribution < 1.29 is 9.90 Å². The zero-order valence-electron chi connectivity index (χ0n) is 12.0. The highest BCUT2D eigenvalue weighted by atomic mass is 16.3. The summed E-state index contributed by atoms with van der Waals surface area (Å²) in [4.78, 5) is 12.4. The Bertz CT molecular complexity index is 446. The molecule has 0 amide bonds. The van der Waals surface area contributed by atoms with Crippen LogP contribution in [0.25, 0.3) is 0 Å². The van der Waals surface area contributed by atoms with Gasteiger partial charge in [0.05, 0.1) is 0 Å². The average Bonchev–Trinajstić information content (AvgIpc) is 2.46. The lowest BCUT2D eigenvalue weighted by molar-refractivity contribution is -0.138. The van der Waals surface area contributed by atoms with Gasteiger partial charge in [-0.3, -0.25) is 4.79 Å². The number of ketones is 1. The lowest BCUT2D eigenvalue weighted by Gasteiger charge is -2.29. The van der Waals surface area contributed by atoms with Crippen molar-refractivity contribution in [3.05, 3.63) is 35.4 Å². The van der Waals surface area contributed by atoms with E-state index in [0.29, 0.717) is 25.2 Å². The quantitative estimate of drug-likeness (QED) is 0.878. The molecule has 0 fully saturated rings. The Morgan fingerprint density at radius 2 is 2.00 bits per heavy atom. The predicted molar refractivity (Wildman–Crippen MR) is 77.3 cm³/mol. The fourth-order valence-corrected chi connectivity index (χ4v) is 3.12. The van der Waals surface area contributed by atoms with Gasteiger partial charge in [0.1, 0.15) is 5.60 Å². The van der Waals surface area contributed by atoms with Crippen molar-refractivity contribution in [2.45, 2.75) is 63.9 Å². The number of fused-ring (bicyclic) bond motifs is 1. The van der Waals surface area contributed by atoms with E-state index in [1.807, 2.05) is 19.9 Å². The summed E-state index contributed by atoms with van der Waals surface area (Å²) in [5.41, 5.74) is 1.58. The van der Waals surface area contributed by atoms with Crippen LogP contribution in [0.2, 0.25) is 0 Å². The van der Waals surface area contributed by atoms with Crippen molar-refractivity contribution >= 4 is 5.78 Å². The molecule has 0 aromatic heterocycles. The molecule has 0 aliphatic heterocycles. The molecule has 1 aromatic carbocycles. The summed E-state index contributed by atoms with van der Waals surface area (Å²) >= 11 is 0. The second-order valence-electron chi connectivity index (χ2n) is 5.65. The standard InChI is InChI=1S/C17H24O2/c1-3-17(19,4-2)16(18)12-14-10-7-9-13-8-5-6-11-15(13)14/h5-6,8,11,14,19H,3-4,7,9-10,12H2,1-2H3. The van der Waals surface area contributed by atoms with Gasteiger partial charge in [-0.2, -0.15) is 0 Å². The maximum Gasteiger partial charge on any atom is 0.164 e. The SMILES string of the molecule is CCC(O)(CC)C(=O)CC1CCCc2ccccc21. The van der Waals surface area contributed by atoms with Crippen LogP contribution in [-0.4, -0.2) is 16.5 Å². The summed E-state index contributed by atoms with van der Waals surface area (Å²) in [5.74, 6) is 0.307. The second-order valence-corrected chi connectivity index (χ2v) is 5.65. The molecule has 0 radical (unpaired) electrons. The molecule has 1 aromatic rings. The van der Waals surface area contributed by atoms with Crippen molar-refractivity contribution in [2.75, 3.05) is 0 Å². The van der Waals surface area contributed by atoms with E-state index in [-0.39, 0.29) is 5.78 Å². The van der Waals surface area contributed by atoms with E-state index in [1.54, 1.807) is 0 Å². The minimum atomic E-state index is -1.12. The number of aliphatic hydroxyl groups is 1. The largest absolute Gasteiger partial charge is 0.382 e. The molecule has 0 spiro atoms. The van der Waals surface area contributed by atoms with Gasteiger partial charge >= 0.3 is 0 Å². The molecular formula is C17H24O2. The monoisotopic (exact) mass is 260 g/mol. The van der Waals surface area contributed by atoms with E-state index in [9.17, 15) is 9.90 Å². The molecule has 0 saturated heterocycles. The number of rotatable bonds is 5. The van der Waals surface area contributed by atoms with Crippen molar-refractivity contribution in [1.82, 2.24) is 0 Å². The Morgan fingerprint density at radius 1 is 1.32 bits per heavy atom. The highest BCUT2D eigenvalue weighted by Gasteiger charge is 2.34. The molecule has 1 atom stereocenters. The number of carbonyl (C=O) groups is 1. The van der Waals surface area contributed by atoms with E-state index in [0.717, 1.165) is 19.3 Å². The van der Waals surface area contributed by atoms with Gasteiger partial charge in [0.25, 0.3) is 0 Å². The first-order chi connectivity index (χ1) is 9.10. The summed E-state index contributed by atoms with van der Waals surface area (Å²) in [6, 6.07) is 8.42. The number of hydrogen-bond acceptors (Lipinski definition) is 2. The Hall–Kier alpha value is -1.15. The van der Waals surface area contributed by atoms with Crippen LogP contribution in [0, 0.1) is 0 Å². The first kappa shape index (κ1) is 14.3. The number of Topliss-reactive ketones (excluding diaryl/α,β-unsaturated/α-hetero) is 1. The lowest BCUT2D eigenvalue weighted by Crippen LogP contribution is -2.38. The lowest BCUT2D eigenvalue weighted by atomic mass is 9.77. The molecule has 0 heterocycles. The molecule has 1 unspecified atom stereocenters. The topological polar surface area (TPSA) is 37.3 Å². The predicted octanol–water partition coefficient (Wildman–Crippen LogP) is 3.62. The van der Waals surface area contributed by atoms with E-state index >= 15 is 0 Å². The minimum Gasteiger partial charge on any atom is -0.382 e. The van der Waals surface area contributed by atoms with Crippen molar-refractivity contribution in [3.63, 3.8) is 0 Å². The average molecular weight is 260 g/mol. The summed E-state index contributed by atoms with van der Waals surface area (Å²) in [5, 5.41) is 10.3. The molecule has 0 saturated carbocycles. The first-order valence-electron chi connectivity index (χ1n) is 7.44. The van der Waals surface area contributed by atoms with Crippen LogP contribution in [0.4, 0.5) is 0 Å². The summed E-state index contributed by atoms with van der Waals surface area (Å²) in [7, 11) is 0. The zero-order chi connectivity index (χ0) is 13.9. The van der Waals surface area contributed by atoms with E-state index in [1.165, 1.54) is 11.1 Å².